The van der Waals surface area contributed by atoms with E-state index in [-0.39, 0.29) is 0 Å². The lowest BCUT2D eigenvalue weighted by Gasteiger charge is -2.28. The Bertz CT molecular complexity index is 1090. The summed E-state index contributed by atoms with van der Waals surface area (Å²) in [4.78, 5) is 12.8. The molecule has 30 heavy (non-hydrogen) atoms. The van der Waals surface area contributed by atoms with Gasteiger partial charge in [0.05, 0.1) is 5.56 Å². The molecule has 0 radical (unpaired) electrons. The van der Waals surface area contributed by atoms with Gasteiger partial charge in [-0.1, -0.05) is 91.1 Å². The molecule has 0 spiro atoms. The normalized spacial score (nSPS) is 11.8. The molecule has 0 amide bonds. The molecular weight excluding hydrogens is 368 g/mol. The molecule has 0 aliphatic heterocycles. The predicted molar refractivity (Wildman–Crippen MR) is 121 cm³/mol. The van der Waals surface area contributed by atoms with Gasteiger partial charge >= 0.3 is 5.97 Å². The van der Waals surface area contributed by atoms with Crippen LogP contribution >= 0.6 is 0 Å². The van der Waals surface area contributed by atoms with Crippen LogP contribution in [-0.4, -0.2) is 5.97 Å². The van der Waals surface area contributed by atoms with Crippen molar-refractivity contribution < 1.29 is 9.53 Å². The molecule has 0 aliphatic rings. The van der Waals surface area contributed by atoms with Gasteiger partial charge in [-0.05, 0) is 29.8 Å². The first-order chi connectivity index (χ1) is 14.7. The van der Waals surface area contributed by atoms with E-state index in [9.17, 15) is 4.79 Å². The minimum absolute atomic E-state index is 0.384. The largest absolute Gasteiger partial charge is 0.438 e. The van der Waals surface area contributed by atoms with Gasteiger partial charge in [0.2, 0.25) is 0 Å². The molecule has 2 nitrogen and oxygen atoms in total. The van der Waals surface area contributed by atoms with Crippen molar-refractivity contribution in [3.8, 4) is 24.2 Å². The molecular formula is C28H22O2. The van der Waals surface area contributed by atoms with Crippen LogP contribution in [0.5, 0.6) is 0 Å². The van der Waals surface area contributed by atoms with Gasteiger partial charge in [0.25, 0.3) is 0 Å². The highest BCUT2D eigenvalue weighted by atomic mass is 16.6. The first-order valence-electron chi connectivity index (χ1n) is 9.70. The molecule has 0 saturated carbocycles. The standard InChI is InChI=1S/C28H22O2/c1-3-23-18-20-26(21-19-23)28(4-2,30-27(29)25-16-9-6-10-17-25)22-12-11-15-24-13-7-5-8-14-24/h2-3,5-10,13-14,16-21H,1,12,22H2. The van der Waals surface area contributed by atoms with Crippen molar-refractivity contribution in [3.05, 3.63) is 114 Å². The Morgan fingerprint density at radius 2 is 1.60 bits per heavy atom. The number of rotatable bonds is 6. The quantitative estimate of drug-likeness (QED) is 0.390. The third kappa shape index (κ3) is 5.07. The molecule has 146 valence electrons. The molecule has 0 aliphatic carbocycles. The SMILES string of the molecule is C#CC(CCC#Cc1ccccc1)(OC(=O)c1ccccc1)c1ccc(C=C)cc1. The van der Waals surface area contributed by atoms with E-state index in [4.69, 9.17) is 11.2 Å². The fraction of sp³-hybridized carbons (Fsp3) is 0.107. The van der Waals surface area contributed by atoms with Crippen LogP contribution in [-0.2, 0) is 10.3 Å². The average Bonchev–Trinajstić information content (AvgIpc) is 2.82. The molecule has 0 bridgehead atoms. The van der Waals surface area contributed by atoms with Gasteiger partial charge in [0.1, 0.15) is 0 Å². The Labute approximate surface area is 178 Å². The molecule has 0 heterocycles. The number of terminal acetylenes is 1. The first kappa shape index (κ1) is 20.7. The fourth-order valence-corrected chi connectivity index (χ4v) is 3.04. The maximum atomic E-state index is 12.8. The van der Waals surface area contributed by atoms with Gasteiger partial charge in [0.15, 0.2) is 5.60 Å². The van der Waals surface area contributed by atoms with Gasteiger partial charge in [-0.25, -0.2) is 4.79 Å². The zero-order valence-corrected chi connectivity index (χ0v) is 16.7. The van der Waals surface area contributed by atoms with E-state index in [2.05, 4.69) is 24.3 Å². The number of ether oxygens (including phenoxy) is 1. The summed E-state index contributed by atoms with van der Waals surface area (Å²) in [5, 5.41) is 0. The van der Waals surface area contributed by atoms with Crippen LogP contribution in [0.3, 0.4) is 0 Å². The van der Waals surface area contributed by atoms with E-state index in [1.807, 2.05) is 60.7 Å². The highest BCUT2D eigenvalue weighted by molar-refractivity contribution is 5.89. The van der Waals surface area contributed by atoms with Crippen molar-refractivity contribution in [1.82, 2.24) is 0 Å². The highest BCUT2D eigenvalue weighted by Gasteiger charge is 2.34. The van der Waals surface area contributed by atoms with Gasteiger partial charge in [0, 0.05) is 24.0 Å². The number of hydrogen-bond acceptors (Lipinski definition) is 2. The zero-order valence-electron chi connectivity index (χ0n) is 16.7. The van der Waals surface area contributed by atoms with Crippen LogP contribution in [0.15, 0.2) is 91.5 Å². The van der Waals surface area contributed by atoms with Crippen molar-refractivity contribution >= 4 is 12.0 Å². The van der Waals surface area contributed by atoms with Crippen LogP contribution in [0.4, 0.5) is 0 Å². The van der Waals surface area contributed by atoms with Crippen LogP contribution in [0.25, 0.3) is 6.08 Å². The van der Waals surface area contributed by atoms with Gasteiger partial charge in [-0.2, -0.15) is 0 Å². The summed E-state index contributed by atoms with van der Waals surface area (Å²) in [6.07, 6.45) is 8.55. The topological polar surface area (TPSA) is 26.3 Å². The molecule has 1 atom stereocenters. The molecule has 0 saturated heterocycles. The minimum atomic E-state index is -1.21. The van der Waals surface area contributed by atoms with Crippen molar-refractivity contribution in [2.45, 2.75) is 18.4 Å². The highest BCUT2D eigenvalue weighted by Crippen LogP contribution is 2.32. The van der Waals surface area contributed by atoms with Crippen molar-refractivity contribution in [1.29, 1.82) is 0 Å². The van der Waals surface area contributed by atoms with Crippen molar-refractivity contribution in [2.24, 2.45) is 0 Å². The van der Waals surface area contributed by atoms with Gasteiger partial charge in [-0.3, -0.25) is 0 Å². The second-order valence-corrected chi connectivity index (χ2v) is 6.72. The third-order valence-electron chi connectivity index (χ3n) is 4.73. The maximum Gasteiger partial charge on any atom is 0.339 e. The molecule has 0 aromatic heterocycles. The smallest absolute Gasteiger partial charge is 0.339 e. The molecule has 0 fully saturated rings. The van der Waals surface area contributed by atoms with Gasteiger partial charge < -0.3 is 4.74 Å². The summed E-state index contributed by atoms with van der Waals surface area (Å²) < 4.78 is 5.92. The Morgan fingerprint density at radius 3 is 2.20 bits per heavy atom. The van der Waals surface area contributed by atoms with E-state index in [0.717, 1.165) is 16.7 Å². The van der Waals surface area contributed by atoms with Gasteiger partial charge in [-0.15, -0.1) is 6.42 Å². The summed E-state index contributed by atoms with van der Waals surface area (Å²) in [7, 11) is 0. The lowest BCUT2D eigenvalue weighted by atomic mass is 9.88. The third-order valence-corrected chi connectivity index (χ3v) is 4.73. The second kappa shape index (κ2) is 9.97. The summed E-state index contributed by atoms with van der Waals surface area (Å²) >= 11 is 0. The lowest BCUT2D eigenvalue weighted by Crippen LogP contribution is -2.31. The minimum Gasteiger partial charge on any atom is -0.438 e. The summed E-state index contributed by atoms with van der Waals surface area (Å²) in [6.45, 7) is 3.78. The van der Waals surface area contributed by atoms with Crippen molar-refractivity contribution in [2.75, 3.05) is 0 Å². The number of carbonyl (C=O) groups excluding carboxylic acids is 1. The van der Waals surface area contributed by atoms with E-state index < -0.39 is 11.6 Å². The lowest BCUT2D eigenvalue weighted by molar-refractivity contribution is 0.00309. The van der Waals surface area contributed by atoms with Crippen LogP contribution < -0.4 is 0 Å². The zero-order chi connectivity index (χ0) is 21.2. The Balaban J connectivity index is 1.88. The molecule has 2 heteroatoms. The Hall–Kier alpha value is -4.01. The molecule has 1 unspecified atom stereocenters. The first-order valence-corrected chi connectivity index (χ1v) is 9.70. The number of carbonyl (C=O) groups is 1. The average molecular weight is 390 g/mol. The number of benzene rings is 3. The molecule has 3 rings (SSSR count). The second-order valence-electron chi connectivity index (χ2n) is 6.72. The molecule has 0 N–H and O–H groups in total. The van der Waals surface area contributed by atoms with Crippen LogP contribution in [0, 0.1) is 24.2 Å². The van der Waals surface area contributed by atoms with Crippen LogP contribution in [0.1, 0.15) is 39.9 Å². The summed E-state index contributed by atoms with van der Waals surface area (Å²) in [5.74, 6) is 8.54. The Morgan fingerprint density at radius 1 is 0.967 bits per heavy atom. The summed E-state index contributed by atoms with van der Waals surface area (Å²) in [6, 6.07) is 26.1. The van der Waals surface area contributed by atoms with E-state index >= 15 is 0 Å². The van der Waals surface area contributed by atoms with Crippen molar-refractivity contribution in [3.63, 3.8) is 0 Å². The van der Waals surface area contributed by atoms with E-state index in [1.54, 1.807) is 30.3 Å². The van der Waals surface area contributed by atoms with Crippen LogP contribution in [0.2, 0.25) is 0 Å². The summed E-state index contributed by atoms with van der Waals surface area (Å²) in [5.41, 5.74) is 1.87. The molecule has 3 aromatic carbocycles. The fourth-order valence-electron chi connectivity index (χ4n) is 3.04. The van der Waals surface area contributed by atoms with E-state index in [0.29, 0.717) is 18.4 Å². The number of esters is 1. The molecule has 3 aromatic rings. The predicted octanol–water partition coefficient (Wildman–Crippen LogP) is 5.85. The Kier molecular flexibility index (Phi) is 6.88. The van der Waals surface area contributed by atoms with E-state index in [1.165, 1.54) is 0 Å². The monoisotopic (exact) mass is 390 g/mol. The number of hydrogen-bond donors (Lipinski definition) is 0. The maximum absolute atomic E-state index is 12.8.